The SMILES string of the molecule is COCC(C)C(O)C1(C#N)CCC(C(C)(C)C)CC1. The van der Waals surface area contributed by atoms with Crippen LogP contribution in [0.15, 0.2) is 0 Å². The first-order valence-corrected chi connectivity index (χ1v) is 7.35. The third-order valence-electron chi connectivity index (χ3n) is 4.86. The van der Waals surface area contributed by atoms with Gasteiger partial charge in [-0.15, -0.1) is 0 Å². The van der Waals surface area contributed by atoms with Crippen molar-refractivity contribution in [3.8, 4) is 6.07 Å². The van der Waals surface area contributed by atoms with Gasteiger partial charge in [0.25, 0.3) is 0 Å². The topological polar surface area (TPSA) is 53.2 Å². The Hall–Kier alpha value is -0.590. The molecule has 1 N–H and O–H groups in total. The molecule has 2 unspecified atom stereocenters. The number of hydrogen-bond donors (Lipinski definition) is 1. The molecule has 19 heavy (non-hydrogen) atoms. The second kappa shape index (κ2) is 6.24. The van der Waals surface area contributed by atoms with Crippen LogP contribution < -0.4 is 0 Å². The van der Waals surface area contributed by atoms with E-state index in [0.29, 0.717) is 17.9 Å². The van der Waals surface area contributed by atoms with E-state index in [4.69, 9.17) is 4.74 Å². The van der Waals surface area contributed by atoms with Crippen molar-refractivity contribution in [3.63, 3.8) is 0 Å². The van der Waals surface area contributed by atoms with Crippen LogP contribution in [0.2, 0.25) is 0 Å². The summed E-state index contributed by atoms with van der Waals surface area (Å²) in [7, 11) is 1.64. The Balaban J connectivity index is 2.73. The smallest absolute Gasteiger partial charge is 0.0836 e. The number of aliphatic hydroxyl groups excluding tert-OH is 1. The summed E-state index contributed by atoms with van der Waals surface area (Å²) in [6, 6.07) is 2.42. The summed E-state index contributed by atoms with van der Waals surface area (Å²) < 4.78 is 5.11. The number of rotatable bonds is 4. The molecule has 1 aliphatic rings. The molecule has 1 fully saturated rings. The van der Waals surface area contributed by atoms with Crippen LogP contribution in [-0.2, 0) is 4.74 Å². The van der Waals surface area contributed by atoms with E-state index in [9.17, 15) is 10.4 Å². The van der Waals surface area contributed by atoms with E-state index >= 15 is 0 Å². The summed E-state index contributed by atoms with van der Waals surface area (Å²) in [5.41, 5.74) is -0.273. The van der Waals surface area contributed by atoms with Crippen molar-refractivity contribution in [1.29, 1.82) is 5.26 Å². The standard InChI is InChI=1S/C16H29NO2/c1-12(10-19-5)14(18)16(11-17)8-6-13(7-9-16)15(2,3)4/h12-14,18H,6-10H2,1-5H3. The summed E-state index contributed by atoms with van der Waals surface area (Å²) in [4.78, 5) is 0. The molecule has 2 atom stereocenters. The molecule has 1 aliphatic carbocycles. The van der Waals surface area contributed by atoms with Gasteiger partial charge >= 0.3 is 0 Å². The monoisotopic (exact) mass is 267 g/mol. The summed E-state index contributed by atoms with van der Waals surface area (Å²) >= 11 is 0. The average molecular weight is 267 g/mol. The molecule has 0 heterocycles. The van der Waals surface area contributed by atoms with Gasteiger partial charge in [-0.3, -0.25) is 0 Å². The first-order chi connectivity index (χ1) is 8.77. The quantitative estimate of drug-likeness (QED) is 0.849. The minimum atomic E-state index is -0.585. The average Bonchev–Trinajstić information content (AvgIpc) is 2.37. The van der Waals surface area contributed by atoms with Gasteiger partial charge in [0.2, 0.25) is 0 Å². The summed E-state index contributed by atoms with van der Waals surface area (Å²) in [6.45, 7) is 9.26. The maximum atomic E-state index is 10.5. The minimum absolute atomic E-state index is 0.0100. The molecule has 0 spiro atoms. The van der Waals surface area contributed by atoms with Gasteiger partial charge < -0.3 is 9.84 Å². The fourth-order valence-corrected chi connectivity index (χ4v) is 3.37. The predicted molar refractivity (Wildman–Crippen MR) is 76.5 cm³/mol. The van der Waals surface area contributed by atoms with Crippen LogP contribution in [0.3, 0.4) is 0 Å². The highest BCUT2D eigenvalue weighted by Crippen LogP contribution is 2.47. The Bertz CT molecular complexity index is 319. The number of ether oxygens (including phenoxy) is 1. The fourth-order valence-electron chi connectivity index (χ4n) is 3.37. The van der Waals surface area contributed by atoms with Crippen LogP contribution in [0, 0.1) is 34.0 Å². The van der Waals surface area contributed by atoms with Gasteiger partial charge in [0.1, 0.15) is 0 Å². The number of methoxy groups -OCH3 is 1. The van der Waals surface area contributed by atoms with Crippen molar-refractivity contribution < 1.29 is 9.84 Å². The molecular formula is C16H29NO2. The second-order valence-electron chi connectivity index (χ2n) is 7.29. The molecule has 110 valence electrons. The van der Waals surface area contributed by atoms with Gasteiger partial charge in [-0.1, -0.05) is 27.7 Å². The molecule has 0 aromatic rings. The molecule has 0 bridgehead atoms. The van der Waals surface area contributed by atoms with Crippen molar-refractivity contribution in [2.45, 2.75) is 59.5 Å². The Morgan fingerprint density at radius 2 is 1.89 bits per heavy atom. The maximum absolute atomic E-state index is 10.5. The van der Waals surface area contributed by atoms with Gasteiger partial charge in [0.05, 0.1) is 24.2 Å². The van der Waals surface area contributed by atoms with E-state index in [1.54, 1.807) is 7.11 Å². The van der Waals surface area contributed by atoms with Crippen LogP contribution in [0.5, 0.6) is 0 Å². The molecule has 0 amide bonds. The molecule has 1 saturated carbocycles. The Morgan fingerprint density at radius 1 is 1.37 bits per heavy atom. The zero-order chi connectivity index (χ0) is 14.7. The molecule has 3 nitrogen and oxygen atoms in total. The third kappa shape index (κ3) is 3.70. The largest absolute Gasteiger partial charge is 0.391 e. The summed E-state index contributed by atoms with van der Waals surface area (Å²) in [5, 5.41) is 20.1. The molecule has 0 saturated heterocycles. The Labute approximate surface area is 118 Å². The first-order valence-electron chi connectivity index (χ1n) is 7.35. The van der Waals surface area contributed by atoms with E-state index in [0.717, 1.165) is 25.7 Å². The lowest BCUT2D eigenvalue weighted by Gasteiger charge is -2.43. The number of nitriles is 1. The van der Waals surface area contributed by atoms with E-state index in [2.05, 4.69) is 26.8 Å². The fraction of sp³-hybridized carbons (Fsp3) is 0.938. The lowest BCUT2D eigenvalue weighted by atomic mass is 9.61. The van der Waals surface area contributed by atoms with E-state index in [1.165, 1.54) is 0 Å². The van der Waals surface area contributed by atoms with Gasteiger partial charge in [-0.25, -0.2) is 0 Å². The molecule has 0 aromatic heterocycles. The van der Waals surface area contributed by atoms with Crippen molar-refractivity contribution in [2.24, 2.45) is 22.7 Å². The van der Waals surface area contributed by atoms with Gasteiger partial charge in [0.15, 0.2) is 0 Å². The highest BCUT2D eigenvalue weighted by Gasteiger charge is 2.45. The maximum Gasteiger partial charge on any atom is 0.0836 e. The molecule has 0 radical (unpaired) electrons. The molecule has 3 heteroatoms. The number of aliphatic hydroxyl groups is 1. The molecular weight excluding hydrogens is 238 g/mol. The van der Waals surface area contributed by atoms with E-state index < -0.39 is 11.5 Å². The van der Waals surface area contributed by atoms with Gasteiger partial charge in [-0.05, 0) is 37.0 Å². The van der Waals surface area contributed by atoms with Crippen LogP contribution in [0.25, 0.3) is 0 Å². The van der Waals surface area contributed by atoms with Gasteiger partial charge in [0, 0.05) is 13.0 Å². The summed E-state index contributed by atoms with van der Waals surface area (Å²) in [5.74, 6) is 0.662. The van der Waals surface area contributed by atoms with Crippen LogP contribution in [0.4, 0.5) is 0 Å². The number of nitrogens with zero attached hydrogens (tertiary/aromatic N) is 1. The van der Waals surface area contributed by atoms with Crippen molar-refractivity contribution in [3.05, 3.63) is 0 Å². The Kier molecular flexibility index (Phi) is 5.41. The zero-order valence-electron chi connectivity index (χ0n) is 13.1. The lowest BCUT2D eigenvalue weighted by molar-refractivity contribution is -0.0397. The van der Waals surface area contributed by atoms with Crippen LogP contribution >= 0.6 is 0 Å². The first kappa shape index (κ1) is 16.5. The minimum Gasteiger partial charge on any atom is -0.391 e. The van der Waals surface area contributed by atoms with Gasteiger partial charge in [-0.2, -0.15) is 5.26 Å². The highest BCUT2D eigenvalue weighted by molar-refractivity contribution is 5.07. The number of hydrogen-bond acceptors (Lipinski definition) is 3. The van der Waals surface area contributed by atoms with Crippen LogP contribution in [-0.4, -0.2) is 24.9 Å². The predicted octanol–water partition coefficient (Wildman–Crippen LogP) is 3.38. The highest BCUT2D eigenvalue weighted by atomic mass is 16.5. The summed E-state index contributed by atoms with van der Waals surface area (Å²) in [6.07, 6.45) is 3.10. The van der Waals surface area contributed by atoms with Crippen molar-refractivity contribution in [2.75, 3.05) is 13.7 Å². The molecule has 1 rings (SSSR count). The normalized spacial score (nSPS) is 31.5. The van der Waals surface area contributed by atoms with Crippen LogP contribution in [0.1, 0.15) is 53.4 Å². The second-order valence-corrected chi connectivity index (χ2v) is 7.29. The molecule has 0 aromatic carbocycles. The van der Waals surface area contributed by atoms with E-state index in [-0.39, 0.29) is 5.92 Å². The zero-order valence-corrected chi connectivity index (χ0v) is 13.1. The Morgan fingerprint density at radius 3 is 2.26 bits per heavy atom. The molecule has 0 aliphatic heterocycles. The van der Waals surface area contributed by atoms with Crippen molar-refractivity contribution in [1.82, 2.24) is 0 Å². The van der Waals surface area contributed by atoms with Crippen molar-refractivity contribution >= 4 is 0 Å². The lowest BCUT2D eigenvalue weighted by Crippen LogP contribution is -2.44. The third-order valence-corrected chi connectivity index (χ3v) is 4.86. The van der Waals surface area contributed by atoms with E-state index in [1.807, 2.05) is 6.92 Å².